The highest BCUT2D eigenvalue weighted by atomic mass is 16.6. The van der Waals surface area contributed by atoms with Crippen LogP contribution < -0.4 is 5.32 Å². The normalized spacial score (nSPS) is 13.7. The minimum absolute atomic E-state index is 0.00217. The Morgan fingerprint density at radius 1 is 0.897 bits per heavy atom. The summed E-state index contributed by atoms with van der Waals surface area (Å²) in [5, 5.41) is 2.56. The van der Waals surface area contributed by atoms with Crippen LogP contribution >= 0.6 is 0 Å². The van der Waals surface area contributed by atoms with E-state index in [0.29, 0.717) is 5.69 Å². The summed E-state index contributed by atoms with van der Waals surface area (Å²) in [6.45, 7) is 10.6. The summed E-state index contributed by atoms with van der Waals surface area (Å²) in [6, 6.07) is 15.1. The van der Waals surface area contributed by atoms with Crippen molar-refractivity contribution in [1.29, 1.82) is 0 Å². The van der Waals surface area contributed by atoms with Crippen molar-refractivity contribution in [2.24, 2.45) is 0 Å². The molecular formula is C30H35N3O6. The Labute approximate surface area is 228 Å². The van der Waals surface area contributed by atoms with Gasteiger partial charge in [-0.2, -0.15) is 0 Å². The first-order valence-electron chi connectivity index (χ1n) is 12.9. The number of rotatable bonds is 6. The number of carbonyl (C=O) groups excluding carboxylic acids is 3. The van der Waals surface area contributed by atoms with Crippen LogP contribution in [0.15, 0.2) is 61.1 Å². The van der Waals surface area contributed by atoms with E-state index in [2.05, 4.69) is 34.6 Å². The number of fused-ring (bicyclic) bond motifs is 3. The van der Waals surface area contributed by atoms with Gasteiger partial charge in [-0.3, -0.25) is 0 Å². The summed E-state index contributed by atoms with van der Waals surface area (Å²) >= 11 is 0. The molecule has 0 radical (unpaired) electrons. The molecule has 4 rings (SSSR count). The molecule has 0 fully saturated rings. The van der Waals surface area contributed by atoms with Crippen molar-refractivity contribution in [3.05, 3.63) is 77.9 Å². The molecule has 1 aromatic heterocycles. The van der Waals surface area contributed by atoms with Crippen molar-refractivity contribution in [2.75, 3.05) is 6.61 Å². The molecule has 39 heavy (non-hydrogen) atoms. The number of nitrogens with one attached hydrogen (secondary N) is 1. The van der Waals surface area contributed by atoms with Gasteiger partial charge in [0.1, 0.15) is 30.2 Å². The van der Waals surface area contributed by atoms with E-state index < -0.39 is 35.4 Å². The fraction of sp³-hybridized carbons (Fsp3) is 0.400. The van der Waals surface area contributed by atoms with Crippen molar-refractivity contribution in [3.8, 4) is 11.1 Å². The van der Waals surface area contributed by atoms with Crippen LogP contribution in [-0.2, 0) is 25.4 Å². The fourth-order valence-corrected chi connectivity index (χ4v) is 4.46. The highest BCUT2D eigenvalue weighted by molar-refractivity contribution is 5.82. The molecule has 2 aromatic carbocycles. The molecule has 9 nitrogen and oxygen atoms in total. The van der Waals surface area contributed by atoms with Crippen LogP contribution in [0, 0.1) is 0 Å². The molecule has 1 N–H and O–H groups in total. The number of benzene rings is 2. The van der Waals surface area contributed by atoms with Gasteiger partial charge in [-0.25, -0.2) is 23.9 Å². The lowest BCUT2D eigenvalue weighted by Gasteiger charge is -2.26. The molecule has 0 unspecified atom stereocenters. The zero-order valence-electron chi connectivity index (χ0n) is 23.2. The van der Waals surface area contributed by atoms with Gasteiger partial charge in [-0.15, -0.1) is 0 Å². The molecule has 3 aromatic rings. The van der Waals surface area contributed by atoms with Gasteiger partial charge >= 0.3 is 18.2 Å². The minimum Gasteiger partial charge on any atom is -0.458 e. The van der Waals surface area contributed by atoms with Crippen LogP contribution in [0.3, 0.4) is 0 Å². The van der Waals surface area contributed by atoms with Crippen molar-refractivity contribution in [1.82, 2.24) is 14.9 Å². The van der Waals surface area contributed by atoms with Crippen LogP contribution in [0.25, 0.3) is 11.1 Å². The monoisotopic (exact) mass is 533 g/mol. The van der Waals surface area contributed by atoms with E-state index in [9.17, 15) is 14.4 Å². The van der Waals surface area contributed by atoms with Crippen molar-refractivity contribution >= 4 is 18.2 Å². The Balaban J connectivity index is 1.43. The Bertz CT molecular complexity index is 1320. The molecule has 0 aliphatic heterocycles. The lowest BCUT2D eigenvalue weighted by molar-refractivity contribution is -0.157. The fourth-order valence-electron chi connectivity index (χ4n) is 4.46. The molecule has 0 saturated heterocycles. The van der Waals surface area contributed by atoms with E-state index in [1.54, 1.807) is 41.5 Å². The third kappa shape index (κ3) is 7.04. The third-order valence-electron chi connectivity index (χ3n) is 5.98. The highest BCUT2D eigenvalue weighted by Crippen LogP contribution is 2.44. The molecule has 1 aliphatic rings. The Morgan fingerprint density at radius 2 is 1.46 bits per heavy atom. The number of esters is 1. The molecular weight excluding hydrogens is 498 g/mol. The van der Waals surface area contributed by atoms with Crippen LogP contribution in [0.5, 0.6) is 0 Å². The molecule has 0 saturated carbocycles. The standard InChI is InChI=1S/C30H35N3O6/c1-29(2,3)38-26(34)25(32-27(35)39-30(4,5)6)15-19-16-33(18-31-19)28(36)37-17-24-22-13-9-7-11-20(22)21-12-8-10-14-23(21)24/h7-14,16,18,24-25H,15,17H2,1-6H3,(H,32,35)/t25-/m0/s1. The van der Waals surface area contributed by atoms with Crippen molar-refractivity contribution < 1.29 is 28.6 Å². The zero-order chi connectivity index (χ0) is 28.4. The molecule has 206 valence electrons. The van der Waals surface area contributed by atoms with Gasteiger partial charge in [0.2, 0.25) is 0 Å². The lowest BCUT2D eigenvalue weighted by atomic mass is 9.98. The molecule has 9 heteroatoms. The summed E-state index contributed by atoms with van der Waals surface area (Å²) in [5.74, 6) is -0.706. The van der Waals surface area contributed by atoms with E-state index in [0.717, 1.165) is 22.3 Å². The second-order valence-electron chi connectivity index (χ2n) is 11.5. The van der Waals surface area contributed by atoms with Gasteiger partial charge in [0, 0.05) is 18.5 Å². The predicted octanol–water partition coefficient (Wildman–Crippen LogP) is 5.46. The highest BCUT2D eigenvalue weighted by Gasteiger charge is 2.31. The molecule has 1 atom stereocenters. The van der Waals surface area contributed by atoms with E-state index in [-0.39, 0.29) is 18.9 Å². The van der Waals surface area contributed by atoms with E-state index in [1.165, 1.54) is 17.1 Å². The van der Waals surface area contributed by atoms with Crippen LogP contribution in [0.1, 0.15) is 64.3 Å². The number of alkyl carbamates (subject to hydrolysis) is 1. The van der Waals surface area contributed by atoms with Gasteiger partial charge in [0.25, 0.3) is 0 Å². The smallest absolute Gasteiger partial charge is 0.419 e. The van der Waals surface area contributed by atoms with E-state index in [1.807, 2.05) is 24.3 Å². The second-order valence-corrected chi connectivity index (χ2v) is 11.5. The number of carbonyl (C=O) groups is 3. The molecule has 1 amide bonds. The molecule has 0 spiro atoms. The minimum atomic E-state index is -1.06. The summed E-state index contributed by atoms with van der Waals surface area (Å²) in [4.78, 5) is 42.4. The lowest BCUT2D eigenvalue weighted by Crippen LogP contribution is -2.47. The first-order chi connectivity index (χ1) is 18.3. The average Bonchev–Trinajstić information content (AvgIpc) is 3.43. The molecule has 0 bridgehead atoms. The first kappa shape index (κ1) is 27.9. The van der Waals surface area contributed by atoms with Gasteiger partial charge in [-0.1, -0.05) is 48.5 Å². The van der Waals surface area contributed by atoms with Crippen molar-refractivity contribution in [3.63, 3.8) is 0 Å². The number of nitrogens with zero attached hydrogens (tertiary/aromatic N) is 2. The Morgan fingerprint density at radius 3 is 2.03 bits per heavy atom. The topological polar surface area (TPSA) is 109 Å². The van der Waals surface area contributed by atoms with Crippen LogP contribution in [-0.4, -0.2) is 51.6 Å². The summed E-state index contributed by atoms with van der Waals surface area (Å²) in [7, 11) is 0. The number of hydrogen-bond donors (Lipinski definition) is 1. The first-order valence-corrected chi connectivity index (χ1v) is 12.9. The van der Waals surface area contributed by atoms with E-state index in [4.69, 9.17) is 14.2 Å². The van der Waals surface area contributed by atoms with Crippen LogP contribution in [0.4, 0.5) is 9.59 Å². The summed E-state index contributed by atoms with van der Waals surface area (Å²) in [6.07, 6.45) is 1.46. The van der Waals surface area contributed by atoms with Crippen molar-refractivity contribution in [2.45, 2.75) is 71.1 Å². The summed E-state index contributed by atoms with van der Waals surface area (Å²) in [5.41, 5.74) is 3.42. The Kier molecular flexibility index (Phi) is 7.81. The Hall–Kier alpha value is -4.14. The maximum absolute atomic E-state index is 12.9. The number of imidazole rings is 1. The number of amides is 1. The van der Waals surface area contributed by atoms with E-state index >= 15 is 0 Å². The van der Waals surface area contributed by atoms with Gasteiger partial charge in [0.05, 0.1) is 5.69 Å². The predicted molar refractivity (Wildman–Crippen MR) is 145 cm³/mol. The average molecular weight is 534 g/mol. The molecule has 1 aliphatic carbocycles. The van der Waals surface area contributed by atoms with Gasteiger partial charge < -0.3 is 19.5 Å². The number of hydrogen-bond acceptors (Lipinski definition) is 7. The van der Waals surface area contributed by atoms with Crippen LogP contribution in [0.2, 0.25) is 0 Å². The third-order valence-corrected chi connectivity index (χ3v) is 5.98. The quantitative estimate of drug-likeness (QED) is 0.331. The SMILES string of the molecule is CC(C)(C)OC(=O)N[C@@H](Cc1cn(C(=O)OCC2c3ccccc3-c3ccccc32)cn1)C(=O)OC(C)(C)C. The van der Waals surface area contributed by atoms with Gasteiger partial charge in [-0.05, 0) is 63.8 Å². The summed E-state index contributed by atoms with van der Waals surface area (Å²) < 4.78 is 17.7. The maximum Gasteiger partial charge on any atom is 0.419 e. The second kappa shape index (κ2) is 10.9. The van der Waals surface area contributed by atoms with Gasteiger partial charge in [0.15, 0.2) is 0 Å². The largest absolute Gasteiger partial charge is 0.458 e. The molecule has 1 heterocycles. The maximum atomic E-state index is 12.9. The number of aromatic nitrogens is 2. The number of ether oxygens (including phenoxy) is 3. The zero-order valence-corrected chi connectivity index (χ0v) is 23.2.